The molecule has 0 aliphatic rings. The average molecular weight is 441 g/mol. The Hall–Kier alpha value is -2.24. The van der Waals surface area contributed by atoms with E-state index in [9.17, 15) is 4.79 Å². The van der Waals surface area contributed by atoms with Crippen LogP contribution in [0.4, 0.5) is 5.13 Å². The number of hydrogen-bond donors (Lipinski definition) is 1. The van der Waals surface area contributed by atoms with E-state index in [-0.39, 0.29) is 5.91 Å². The lowest BCUT2D eigenvalue weighted by atomic mass is 10.0. The van der Waals surface area contributed by atoms with Gasteiger partial charge >= 0.3 is 0 Å². The maximum atomic E-state index is 12.1. The molecule has 0 saturated heterocycles. The molecule has 0 spiro atoms. The summed E-state index contributed by atoms with van der Waals surface area (Å²) >= 11 is 4.94. The van der Waals surface area contributed by atoms with Crippen LogP contribution in [0.1, 0.15) is 41.3 Å². The molecule has 27 heavy (non-hydrogen) atoms. The fourth-order valence-electron chi connectivity index (χ4n) is 2.56. The van der Waals surface area contributed by atoms with Crippen LogP contribution in [0.2, 0.25) is 0 Å². The first kappa shape index (κ1) is 19.5. The molecule has 0 atom stereocenters. The Morgan fingerprint density at radius 2 is 1.85 bits per heavy atom. The molecule has 0 saturated carbocycles. The highest BCUT2D eigenvalue weighted by Gasteiger charge is 2.06. The second-order valence-electron chi connectivity index (χ2n) is 6.58. The molecule has 0 radical (unpaired) electrons. The number of anilines is 1. The fraction of sp³-hybridized carbons (Fsp3) is 0.182. The van der Waals surface area contributed by atoms with Crippen molar-refractivity contribution in [2.45, 2.75) is 26.2 Å². The third-order valence-corrected chi connectivity index (χ3v) is 5.55. The highest BCUT2D eigenvalue weighted by Crippen LogP contribution is 2.22. The smallest absolute Gasteiger partial charge is 0.250 e. The molecule has 1 heterocycles. The van der Waals surface area contributed by atoms with E-state index in [0.717, 1.165) is 21.3 Å². The van der Waals surface area contributed by atoms with E-state index < -0.39 is 0 Å². The quantitative estimate of drug-likeness (QED) is 0.458. The van der Waals surface area contributed by atoms with Gasteiger partial charge in [0.05, 0.1) is 0 Å². The summed E-state index contributed by atoms with van der Waals surface area (Å²) < 4.78 is 1.06. The van der Waals surface area contributed by atoms with E-state index >= 15 is 0 Å². The van der Waals surface area contributed by atoms with Crippen LogP contribution < -0.4 is 5.32 Å². The number of nitrogens with zero attached hydrogens (tertiary/aromatic N) is 1. The van der Waals surface area contributed by atoms with Crippen molar-refractivity contribution in [3.05, 3.63) is 86.8 Å². The molecule has 138 valence electrons. The predicted octanol–water partition coefficient (Wildman–Crippen LogP) is 6.27. The molecule has 0 aliphatic heterocycles. The van der Waals surface area contributed by atoms with Crippen molar-refractivity contribution in [1.29, 1.82) is 0 Å². The molecule has 0 fully saturated rings. The van der Waals surface area contributed by atoms with Crippen LogP contribution in [0.5, 0.6) is 0 Å². The Balaban J connectivity index is 1.56. The summed E-state index contributed by atoms with van der Waals surface area (Å²) in [5, 5.41) is 3.45. The summed E-state index contributed by atoms with van der Waals surface area (Å²) in [7, 11) is 0. The van der Waals surface area contributed by atoms with Gasteiger partial charge in [-0.3, -0.25) is 10.1 Å². The fourth-order valence-corrected chi connectivity index (χ4v) is 3.68. The molecule has 5 heteroatoms. The minimum absolute atomic E-state index is 0.174. The third-order valence-electron chi connectivity index (χ3n) is 4.11. The lowest BCUT2D eigenvalue weighted by Gasteiger charge is -2.04. The standard InChI is InChI=1S/C22H21BrN2OS/c1-15(2)18-8-3-16(4-9-18)7-12-21(26)25-22-24-14-20(27-22)13-17-5-10-19(23)11-6-17/h3-12,14-15H,13H2,1-2H3,(H,24,25,26)/b12-7+. The average Bonchev–Trinajstić information content (AvgIpc) is 3.09. The summed E-state index contributed by atoms with van der Waals surface area (Å²) in [6.45, 7) is 4.33. The summed E-state index contributed by atoms with van der Waals surface area (Å²) in [5.74, 6) is 0.329. The Labute approximate surface area is 172 Å². The van der Waals surface area contributed by atoms with Crippen LogP contribution in [0.25, 0.3) is 6.08 Å². The summed E-state index contributed by atoms with van der Waals surface area (Å²) in [4.78, 5) is 17.5. The van der Waals surface area contributed by atoms with Crippen molar-refractivity contribution in [2.24, 2.45) is 0 Å². The number of nitrogens with one attached hydrogen (secondary N) is 1. The van der Waals surface area contributed by atoms with Crippen LogP contribution in [0.3, 0.4) is 0 Å². The maximum Gasteiger partial charge on any atom is 0.250 e. The van der Waals surface area contributed by atoms with Crippen LogP contribution in [0, 0.1) is 0 Å². The first-order valence-corrected chi connectivity index (χ1v) is 10.4. The van der Waals surface area contributed by atoms with Crippen molar-refractivity contribution in [2.75, 3.05) is 5.32 Å². The van der Waals surface area contributed by atoms with Crippen LogP contribution in [0.15, 0.2) is 65.3 Å². The Kier molecular flexibility index (Phi) is 6.58. The number of thiazole rings is 1. The van der Waals surface area contributed by atoms with Gasteiger partial charge in [-0.2, -0.15) is 0 Å². The minimum atomic E-state index is -0.174. The van der Waals surface area contributed by atoms with E-state index in [0.29, 0.717) is 11.0 Å². The van der Waals surface area contributed by atoms with Gasteiger partial charge in [-0.1, -0.05) is 66.2 Å². The number of halogens is 1. The van der Waals surface area contributed by atoms with Gasteiger partial charge in [0.1, 0.15) is 0 Å². The van der Waals surface area contributed by atoms with E-state index in [2.05, 4.69) is 64.3 Å². The Bertz CT molecular complexity index is 928. The molecule has 3 nitrogen and oxygen atoms in total. The molecule has 0 aliphatic carbocycles. The second kappa shape index (κ2) is 9.11. The number of benzene rings is 2. The predicted molar refractivity (Wildman–Crippen MR) is 117 cm³/mol. The zero-order valence-corrected chi connectivity index (χ0v) is 17.7. The van der Waals surface area contributed by atoms with Gasteiger partial charge in [0.15, 0.2) is 5.13 Å². The van der Waals surface area contributed by atoms with Gasteiger partial charge in [-0.05, 0) is 40.8 Å². The number of hydrogen-bond acceptors (Lipinski definition) is 3. The first-order valence-electron chi connectivity index (χ1n) is 8.78. The van der Waals surface area contributed by atoms with Gasteiger partial charge in [0.2, 0.25) is 5.91 Å². The molecule has 1 N–H and O–H groups in total. The van der Waals surface area contributed by atoms with Crippen LogP contribution in [-0.2, 0) is 11.2 Å². The second-order valence-corrected chi connectivity index (χ2v) is 8.61. The first-order chi connectivity index (χ1) is 13.0. The molecule has 0 unspecified atom stereocenters. The normalized spacial score (nSPS) is 11.3. The van der Waals surface area contributed by atoms with E-state index in [4.69, 9.17) is 0 Å². The van der Waals surface area contributed by atoms with Gasteiger partial charge in [0, 0.05) is 28.0 Å². The summed E-state index contributed by atoms with van der Waals surface area (Å²) in [5.41, 5.74) is 3.51. The minimum Gasteiger partial charge on any atom is -0.298 e. The number of aromatic nitrogens is 1. The van der Waals surface area contributed by atoms with Gasteiger partial charge in [-0.25, -0.2) is 4.98 Å². The van der Waals surface area contributed by atoms with Crippen molar-refractivity contribution in [3.63, 3.8) is 0 Å². The third kappa shape index (κ3) is 5.88. The topological polar surface area (TPSA) is 42.0 Å². The zero-order valence-electron chi connectivity index (χ0n) is 15.3. The van der Waals surface area contributed by atoms with Gasteiger partial charge in [-0.15, -0.1) is 11.3 Å². The number of rotatable bonds is 6. The van der Waals surface area contributed by atoms with Gasteiger partial charge < -0.3 is 0 Å². The van der Waals surface area contributed by atoms with E-state index in [1.165, 1.54) is 22.5 Å². The van der Waals surface area contributed by atoms with E-state index in [1.54, 1.807) is 6.08 Å². The van der Waals surface area contributed by atoms with E-state index in [1.807, 2.05) is 36.5 Å². The maximum absolute atomic E-state index is 12.1. The lowest BCUT2D eigenvalue weighted by Crippen LogP contribution is -2.07. The van der Waals surface area contributed by atoms with Gasteiger partial charge in [0.25, 0.3) is 0 Å². The Morgan fingerprint density at radius 3 is 2.52 bits per heavy atom. The lowest BCUT2D eigenvalue weighted by molar-refractivity contribution is -0.111. The zero-order chi connectivity index (χ0) is 19.2. The molecular weight excluding hydrogens is 420 g/mol. The SMILES string of the molecule is CC(C)c1ccc(/C=C/C(=O)Nc2ncc(Cc3ccc(Br)cc3)s2)cc1. The number of carbonyl (C=O) groups is 1. The molecule has 3 aromatic rings. The monoisotopic (exact) mass is 440 g/mol. The Morgan fingerprint density at radius 1 is 1.15 bits per heavy atom. The van der Waals surface area contributed by atoms with Crippen LogP contribution >= 0.6 is 27.3 Å². The van der Waals surface area contributed by atoms with Crippen molar-refractivity contribution < 1.29 is 4.79 Å². The molecule has 2 aromatic carbocycles. The highest BCUT2D eigenvalue weighted by atomic mass is 79.9. The molecular formula is C22H21BrN2OS. The summed E-state index contributed by atoms with van der Waals surface area (Å²) in [6, 6.07) is 16.5. The molecule has 3 rings (SSSR count). The molecule has 1 amide bonds. The summed E-state index contributed by atoms with van der Waals surface area (Å²) in [6.07, 6.45) is 5.98. The molecule has 1 aromatic heterocycles. The van der Waals surface area contributed by atoms with Crippen molar-refractivity contribution >= 4 is 44.4 Å². The van der Waals surface area contributed by atoms with Crippen LogP contribution in [-0.4, -0.2) is 10.9 Å². The van der Waals surface area contributed by atoms with Crippen molar-refractivity contribution in [1.82, 2.24) is 4.98 Å². The van der Waals surface area contributed by atoms with Crippen molar-refractivity contribution in [3.8, 4) is 0 Å². The number of carbonyl (C=O) groups excluding carboxylic acids is 1. The number of amides is 1. The molecule has 0 bridgehead atoms. The highest BCUT2D eigenvalue weighted by molar-refractivity contribution is 9.10. The largest absolute Gasteiger partial charge is 0.298 e.